The highest BCUT2D eigenvalue weighted by atomic mass is 35.5. The molecular formula is C17H14Cl2N6S. The van der Waals surface area contributed by atoms with Crippen LogP contribution in [-0.2, 0) is 6.54 Å². The zero-order valence-electron chi connectivity index (χ0n) is 14.0. The van der Waals surface area contributed by atoms with Crippen molar-refractivity contribution in [3.05, 3.63) is 46.1 Å². The van der Waals surface area contributed by atoms with Gasteiger partial charge in [-0.1, -0.05) is 37.0 Å². The largest absolute Gasteiger partial charge is 0.301 e. The molecule has 3 rings (SSSR count). The van der Waals surface area contributed by atoms with Gasteiger partial charge >= 0.3 is 0 Å². The van der Waals surface area contributed by atoms with E-state index in [1.54, 1.807) is 24.3 Å². The van der Waals surface area contributed by atoms with Gasteiger partial charge in [0.1, 0.15) is 11.1 Å². The van der Waals surface area contributed by atoms with Crippen molar-refractivity contribution in [2.75, 3.05) is 0 Å². The first kappa shape index (κ1) is 18.6. The summed E-state index contributed by atoms with van der Waals surface area (Å²) < 4.78 is 2.00. The Morgan fingerprint density at radius 2 is 1.92 bits per heavy atom. The summed E-state index contributed by atoms with van der Waals surface area (Å²) in [6, 6.07) is 10.6. The zero-order valence-corrected chi connectivity index (χ0v) is 16.3. The molecule has 9 heteroatoms. The molecule has 0 aliphatic rings. The number of hydrogen-bond acceptors (Lipinski definition) is 6. The molecule has 0 amide bonds. The molecule has 2 aromatic heterocycles. The van der Waals surface area contributed by atoms with Crippen molar-refractivity contribution in [3.8, 4) is 17.5 Å². The fourth-order valence-electron chi connectivity index (χ4n) is 2.29. The first-order valence-electron chi connectivity index (χ1n) is 7.78. The molecule has 0 radical (unpaired) electrons. The second kappa shape index (κ2) is 8.04. The van der Waals surface area contributed by atoms with E-state index in [2.05, 4.69) is 34.2 Å². The highest BCUT2D eigenvalue weighted by molar-refractivity contribution is 7.99. The summed E-state index contributed by atoms with van der Waals surface area (Å²) in [5.74, 6) is 1.05. The van der Waals surface area contributed by atoms with Gasteiger partial charge in [-0.05, 0) is 48.0 Å². The number of nitrogens with zero attached hydrogens (tertiary/aromatic N) is 6. The van der Waals surface area contributed by atoms with Crippen LogP contribution in [0.25, 0.3) is 11.4 Å². The standard InChI is InChI=1S/C17H14Cl2N6S/c1-10(2)9-25-16(13-5-3-11(18)7-14(13)19)23-24-17(25)26-15-6-4-12(8-20)21-22-15/h3-7,10H,9H2,1-2H3. The van der Waals surface area contributed by atoms with Gasteiger partial charge in [-0.25, -0.2) is 0 Å². The summed E-state index contributed by atoms with van der Waals surface area (Å²) in [5.41, 5.74) is 1.04. The summed E-state index contributed by atoms with van der Waals surface area (Å²) in [6.07, 6.45) is 0. The smallest absolute Gasteiger partial charge is 0.197 e. The van der Waals surface area contributed by atoms with Crippen LogP contribution in [0.1, 0.15) is 19.5 Å². The van der Waals surface area contributed by atoms with E-state index in [4.69, 9.17) is 28.5 Å². The summed E-state index contributed by atoms with van der Waals surface area (Å²) in [7, 11) is 0. The van der Waals surface area contributed by atoms with Gasteiger partial charge in [0.15, 0.2) is 16.7 Å². The topological polar surface area (TPSA) is 80.3 Å². The van der Waals surface area contributed by atoms with Crippen molar-refractivity contribution in [2.45, 2.75) is 30.6 Å². The van der Waals surface area contributed by atoms with E-state index in [1.165, 1.54) is 11.8 Å². The second-order valence-corrected chi connectivity index (χ2v) is 7.74. The molecule has 132 valence electrons. The van der Waals surface area contributed by atoms with Gasteiger partial charge in [0.05, 0.1) is 5.02 Å². The van der Waals surface area contributed by atoms with Crippen molar-refractivity contribution in [3.63, 3.8) is 0 Å². The van der Waals surface area contributed by atoms with E-state index in [-0.39, 0.29) is 5.69 Å². The Bertz CT molecular complexity index is 962. The zero-order chi connectivity index (χ0) is 18.7. The van der Waals surface area contributed by atoms with Crippen LogP contribution in [0.5, 0.6) is 0 Å². The molecular weight excluding hydrogens is 391 g/mol. The van der Waals surface area contributed by atoms with E-state index in [0.717, 1.165) is 5.56 Å². The lowest BCUT2D eigenvalue weighted by molar-refractivity contribution is 0.497. The van der Waals surface area contributed by atoms with E-state index in [1.807, 2.05) is 16.7 Å². The Kier molecular flexibility index (Phi) is 5.77. The third-order valence-electron chi connectivity index (χ3n) is 3.39. The van der Waals surface area contributed by atoms with Gasteiger partial charge in [0.2, 0.25) is 0 Å². The predicted octanol–water partition coefficient (Wildman–Crippen LogP) is 4.72. The Morgan fingerprint density at radius 1 is 1.12 bits per heavy atom. The number of halogens is 2. The van der Waals surface area contributed by atoms with Gasteiger partial charge in [0, 0.05) is 17.1 Å². The number of rotatable bonds is 5. The van der Waals surface area contributed by atoms with Crippen LogP contribution in [-0.4, -0.2) is 25.0 Å². The average Bonchev–Trinajstić information content (AvgIpc) is 2.97. The van der Waals surface area contributed by atoms with Gasteiger partial charge in [-0.15, -0.1) is 20.4 Å². The monoisotopic (exact) mass is 404 g/mol. The highest BCUT2D eigenvalue weighted by Gasteiger charge is 2.18. The fraction of sp³-hybridized carbons (Fsp3) is 0.235. The highest BCUT2D eigenvalue weighted by Crippen LogP contribution is 2.33. The summed E-state index contributed by atoms with van der Waals surface area (Å²) in [5, 5.41) is 27.7. The summed E-state index contributed by atoms with van der Waals surface area (Å²) in [4.78, 5) is 0. The predicted molar refractivity (Wildman–Crippen MR) is 101 cm³/mol. The van der Waals surface area contributed by atoms with E-state index >= 15 is 0 Å². The van der Waals surface area contributed by atoms with Crippen LogP contribution in [0.15, 0.2) is 40.5 Å². The number of benzene rings is 1. The first-order valence-corrected chi connectivity index (χ1v) is 9.35. The van der Waals surface area contributed by atoms with Crippen LogP contribution in [0, 0.1) is 17.2 Å². The van der Waals surface area contributed by atoms with Crippen LogP contribution in [0.3, 0.4) is 0 Å². The minimum Gasteiger partial charge on any atom is -0.301 e. The maximum Gasteiger partial charge on any atom is 0.197 e. The van der Waals surface area contributed by atoms with Crippen molar-refractivity contribution in [1.29, 1.82) is 5.26 Å². The fourth-order valence-corrected chi connectivity index (χ4v) is 3.54. The molecule has 0 fully saturated rings. The SMILES string of the molecule is CC(C)Cn1c(Sc2ccc(C#N)nn2)nnc1-c1ccc(Cl)cc1Cl. The molecule has 26 heavy (non-hydrogen) atoms. The van der Waals surface area contributed by atoms with Crippen LogP contribution < -0.4 is 0 Å². The molecule has 0 unspecified atom stereocenters. The minimum absolute atomic E-state index is 0.270. The van der Waals surface area contributed by atoms with Crippen LogP contribution in [0.4, 0.5) is 0 Å². The number of nitriles is 1. The lowest BCUT2D eigenvalue weighted by atomic mass is 10.2. The molecule has 0 N–H and O–H groups in total. The molecule has 1 aromatic carbocycles. The third kappa shape index (κ3) is 4.15. The molecule has 0 aliphatic carbocycles. The molecule has 0 spiro atoms. The Balaban J connectivity index is 2.00. The maximum atomic E-state index is 8.83. The average molecular weight is 405 g/mol. The normalized spacial score (nSPS) is 10.9. The van der Waals surface area contributed by atoms with Crippen molar-refractivity contribution in [2.24, 2.45) is 5.92 Å². The van der Waals surface area contributed by atoms with Gasteiger partial charge < -0.3 is 4.57 Å². The molecule has 6 nitrogen and oxygen atoms in total. The summed E-state index contributed by atoms with van der Waals surface area (Å²) >= 11 is 13.7. The van der Waals surface area contributed by atoms with E-state index in [0.29, 0.717) is 38.5 Å². The molecule has 0 atom stereocenters. The van der Waals surface area contributed by atoms with Crippen LogP contribution in [0.2, 0.25) is 10.0 Å². The van der Waals surface area contributed by atoms with E-state index in [9.17, 15) is 0 Å². The first-order chi connectivity index (χ1) is 12.5. The lowest BCUT2D eigenvalue weighted by Crippen LogP contribution is -2.08. The third-order valence-corrected chi connectivity index (χ3v) is 4.85. The Hall–Kier alpha value is -2.14. The molecule has 0 saturated carbocycles. The molecule has 0 saturated heterocycles. The van der Waals surface area contributed by atoms with Crippen molar-refractivity contribution < 1.29 is 0 Å². The minimum atomic E-state index is 0.270. The maximum absolute atomic E-state index is 8.83. The van der Waals surface area contributed by atoms with E-state index < -0.39 is 0 Å². The summed E-state index contributed by atoms with van der Waals surface area (Å²) in [6.45, 7) is 4.94. The Morgan fingerprint density at radius 3 is 2.54 bits per heavy atom. The van der Waals surface area contributed by atoms with Crippen molar-refractivity contribution in [1.82, 2.24) is 25.0 Å². The van der Waals surface area contributed by atoms with Crippen molar-refractivity contribution >= 4 is 35.0 Å². The molecule has 3 aromatic rings. The molecule has 0 aliphatic heterocycles. The molecule has 2 heterocycles. The van der Waals surface area contributed by atoms with Gasteiger partial charge in [0.25, 0.3) is 0 Å². The lowest BCUT2D eigenvalue weighted by Gasteiger charge is -2.13. The Labute approximate surface area is 165 Å². The second-order valence-electron chi connectivity index (χ2n) is 5.91. The van der Waals surface area contributed by atoms with Gasteiger partial charge in [-0.3, -0.25) is 0 Å². The number of hydrogen-bond donors (Lipinski definition) is 0. The quantitative estimate of drug-likeness (QED) is 0.611. The molecule has 0 bridgehead atoms. The number of aromatic nitrogens is 5. The van der Waals surface area contributed by atoms with Crippen LogP contribution >= 0.6 is 35.0 Å². The van der Waals surface area contributed by atoms with Gasteiger partial charge in [-0.2, -0.15) is 5.26 Å².